The molecular formula is C5H9P. The maximum Gasteiger partial charge on any atom is -0.0229 e. The summed E-state index contributed by atoms with van der Waals surface area (Å²) >= 11 is 0. The average molecular weight is 100 g/mol. The SMILES string of the molecule is PC[C@]12C[C@@H]1C2. The maximum atomic E-state index is 2.83. The quantitative estimate of drug-likeness (QED) is 0.435. The molecule has 0 aromatic heterocycles. The van der Waals surface area contributed by atoms with E-state index in [2.05, 4.69) is 9.24 Å². The third-order valence-electron chi connectivity index (χ3n) is 2.26. The van der Waals surface area contributed by atoms with Crippen molar-refractivity contribution in [3.8, 4) is 0 Å². The van der Waals surface area contributed by atoms with Crippen LogP contribution in [0.3, 0.4) is 0 Å². The third-order valence-corrected chi connectivity index (χ3v) is 3.07. The van der Waals surface area contributed by atoms with Gasteiger partial charge in [-0.2, -0.15) is 0 Å². The molecule has 0 spiro atoms. The van der Waals surface area contributed by atoms with Gasteiger partial charge in [-0.3, -0.25) is 0 Å². The van der Waals surface area contributed by atoms with Gasteiger partial charge in [0.1, 0.15) is 0 Å². The zero-order valence-corrected chi connectivity index (χ0v) is 4.93. The van der Waals surface area contributed by atoms with Crippen LogP contribution in [0.5, 0.6) is 0 Å². The summed E-state index contributed by atoms with van der Waals surface area (Å²) in [4.78, 5) is 0. The molecule has 1 unspecified atom stereocenters. The van der Waals surface area contributed by atoms with Crippen LogP contribution < -0.4 is 0 Å². The van der Waals surface area contributed by atoms with Gasteiger partial charge >= 0.3 is 0 Å². The Morgan fingerprint density at radius 3 is 2.17 bits per heavy atom. The second kappa shape index (κ2) is 0.690. The fourth-order valence-corrected chi connectivity index (χ4v) is 1.80. The zero-order chi connectivity index (χ0) is 4.20. The zero-order valence-electron chi connectivity index (χ0n) is 3.78. The number of rotatable bonds is 1. The highest BCUT2D eigenvalue weighted by atomic mass is 31.0. The Morgan fingerprint density at radius 2 is 2.17 bits per heavy atom. The predicted molar refractivity (Wildman–Crippen MR) is 29.7 cm³/mol. The number of fused-ring (bicyclic) bond motifs is 1. The van der Waals surface area contributed by atoms with Gasteiger partial charge in [-0.15, -0.1) is 9.24 Å². The minimum Gasteiger partial charge on any atom is -0.137 e. The molecule has 0 heterocycles. The smallest absolute Gasteiger partial charge is 0.0229 e. The summed E-state index contributed by atoms with van der Waals surface area (Å²) in [6, 6.07) is 0. The van der Waals surface area contributed by atoms with Gasteiger partial charge < -0.3 is 0 Å². The van der Waals surface area contributed by atoms with E-state index in [1.165, 1.54) is 12.1 Å². The Kier molecular flexibility index (Phi) is 0.395. The lowest BCUT2D eigenvalue weighted by atomic mass is 10.3. The molecule has 0 bridgehead atoms. The highest BCUT2D eigenvalue weighted by molar-refractivity contribution is 7.16. The summed E-state index contributed by atoms with van der Waals surface area (Å²) < 4.78 is 0. The first-order valence-corrected chi connectivity index (χ1v) is 3.39. The molecule has 34 valence electrons. The van der Waals surface area contributed by atoms with Crippen molar-refractivity contribution in [1.29, 1.82) is 0 Å². The second-order valence-corrected chi connectivity index (χ2v) is 3.08. The van der Waals surface area contributed by atoms with Gasteiger partial charge in [-0.05, 0) is 30.3 Å². The van der Waals surface area contributed by atoms with Crippen molar-refractivity contribution in [2.24, 2.45) is 11.3 Å². The first-order chi connectivity index (χ1) is 2.87. The Morgan fingerprint density at radius 1 is 1.67 bits per heavy atom. The van der Waals surface area contributed by atoms with Crippen LogP contribution in [0.25, 0.3) is 0 Å². The summed E-state index contributed by atoms with van der Waals surface area (Å²) in [6.45, 7) is 0. The van der Waals surface area contributed by atoms with Gasteiger partial charge in [0.15, 0.2) is 0 Å². The molecule has 0 saturated heterocycles. The molecule has 2 aliphatic rings. The normalized spacial score (nSPS) is 60.5. The lowest BCUT2D eigenvalue weighted by Crippen LogP contribution is -1.82. The van der Waals surface area contributed by atoms with Crippen LogP contribution >= 0.6 is 9.24 Å². The number of hydrogen-bond acceptors (Lipinski definition) is 0. The van der Waals surface area contributed by atoms with Crippen LogP contribution in [0.2, 0.25) is 0 Å². The standard InChI is InChI=1S/C5H9P/c6-3-5-1-4(5)2-5/h4H,1-3,6H2/t4-,5-. The molecule has 6 heavy (non-hydrogen) atoms. The molecule has 2 fully saturated rings. The van der Waals surface area contributed by atoms with Crippen LogP contribution in [-0.4, -0.2) is 6.16 Å². The minimum atomic E-state index is 0.921. The van der Waals surface area contributed by atoms with Crippen molar-refractivity contribution in [2.45, 2.75) is 12.8 Å². The monoisotopic (exact) mass is 100 g/mol. The second-order valence-electron chi connectivity index (χ2n) is 2.67. The molecule has 0 radical (unpaired) electrons. The van der Waals surface area contributed by atoms with E-state index < -0.39 is 0 Å². The Hall–Kier alpha value is 0.430. The lowest BCUT2D eigenvalue weighted by Gasteiger charge is -1.89. The van der Waals surface area contributed by atoms with Crippen molar-refractivity contribution >= 4 is 9.24 Å². The van der Waals surface area contributed by atoms with Crippen molar-refractivity contribution < 1.29 is 0 Å². The van der Waals surface area contributed by atoms with Crippen molar-refractivity contribution in [2.75, 3.05) is 6.16 Å². The van der Waals surface area contributed by atoms with Crippen LogP contribution in [0.15, 0.2) is 0 Å². The predicted octanol–water partition coefficient (Wildman–Crippen LogP) is 1.27. The van der Waals surface area contributed by atoms with Crippen molar-refractivity contribution in [1.82, 2.24) is 0 Å². The van der Waals surface area contributed by atoms with E-state index in [0.29, 0.717) is 0 Å². The van der Waals surface area contributed by atoms with Crippen molar-refractivity contribution in [3.05, 3.63) is 0 Å². The molecular weight excluding hydrogens is 91.0 g/mol. The van der Waals surface area contributed by atoms with Gasteiger partial charge in [-0.1, -0.05) is 0 Å². The van der Waals surface area contributed by atoms with Crippen LogP contribution in [-0.2, 0) is 0 Å². The highest BCUT2D eigenvalue weighted by Crippen LogP contribution is 2.75. The topological polar surface area (TPSA) is 0 Å². The molecule has 1 heteroatoms. The summed E-state index contributed by atoms with van der Waals surface area (Å²) in [5, 5.41) is 0. The third kappa shape index (κ3) is 0.219. The molecule has 0 aromatic rings. The molecule has 0 aliphatic heterocycles. The largest absolute Gasteiger partial charge is 0.137 e. The van der Waals surface area contributed by atoms with Gasteiger partial charge in [0.25, 0.3) is 0 Å². The maximum absolute atomic E-state index is 2.83. The molecule has 2 saturated carbocycles. The van der Waals surface area contributed by atoms with E-state index in [-0.39, 0.29) is 0 Å². The summed E-state index contributed by atoms with van der Waals surface area (Å²) in [5.74, 6) is 1.19. The highest BCUT2D eigenvalue weighted by Gasteiger charge is 2.67. The van der Waals surface area contributed by atoms with Gasteiger partial charge in [-0.25, -0.2) is 0 Å². The van der Waals surface area contributed by atoms with Gasteiger partial charge in [0, 0.05) is 0 Å². The summed E-state index contributed by atoms with van der Waals surface area (Å²) in [6.07, 6.45) is 4.48. The Balaban J connectivity index is 2.10. The fraction of sp³-hybridized carbons (Fsp3) is 1.00. The molecule has 2 aliphatic carbocycles. The van der Waals surface area contributed by atoms with E-state index in [4.69, 9.17) is 0 Å². The van der Waals surface area contributed by atoms with Gasteiger partial charge in [0.2, 0.25) is 0 Å². The van der Waals surface area contributed by atoms with E-state index in [9.17, 15) is 0 Å². The Bertz CT molecular complexity index is 81.9. The van der Waals surface area contributed by atoms with E-state index in [0.717, 1.165) is 5.41 Å². The molecule has 0 amide bonds. The van der Waals surface area contributed by atoms with Crippen molar-refractivity contribution in [3.63, 3.8) is 0 Å². The molecule has 0 nitrogen and oxygen atoms in total. The fourth-order valence-electron chi connectivity index (χ4n) is 1.14. The molecule has 0 N–H and O–H groups in total. The van der Waals surface area contributed by atoms with E-state index >= 15 is 0 Å². The van der Waals surface area contributed by atoms with E-state index in [1.54, 1.807) is 12.8 Å². The minimum absolute atomic E-state index is 0.921. The van der Waals surface area contributed by atoms with Crippen LogP contribution in [0, 0.1) is 11.3 Å². The lowest BCUT2D eigenvalue weighted by molar-refractivity contribution is 0.735. The number of hydrogen-bond donors (Lipinski definition) is 0. The molecule has 2 rings (SSSR count). The van der Waals surface area contributed by atoms with E-state index in [1.807, 2.05) is 0 Å². The Labute approximate surface area is 40.5 Å². The van der Waals surface area contributed by atoms with Crippen LogP contribution in [0.4, 0.5) is 0 Å². The first-order valence-electron chi connectivity index (χ1n) is 2.57. The molecule has 0 aromatic carbocycles. The summed E-state index contributed by atoms with van der Waals surface area (Å²) in [7, 11) is 2.83. The van der Waals surface area contributed by atoms with Gasteiger partial charge in [0.05, 0.1) is 0 Å². The first kappa shape index (κ1) is 3.43. The summed E-state index contributed by atoms with van der Waals surface area (Å²) in [5.41, 5.74) is 0.921. The molecule has 1 atom stereocenters. The van der Waals surface area contributed by atoms with Crippen LogP contribution in [0.1, 0.15) is 12.8 Å². The average Bonchev–Trinajstić information content (AvgIpc) is 2.12.